The number of amides is 1. The van der Waals surface area contributed by atoms with Gasteiger partial charge < -0.3 is 11.1 Å². The van der Waals surface area contributed by atoms with Crippen LogP contribution in [-0.4, -0.2) is 22.6 Å². The number of hydrogen-bond acceptors (Lipinski definition) is 5. The molecule has 14 heavy (non-hydrogen) atoms. The van der Waals surface area contributed by atoms with Crippen molar-refractivity contribution in [2.45, 2.75) is 20.3 Å². The van der Waals surface area contributed by atoms with E-state index in [0.29, 0.717) is 22.6 Å². The van der Waals surface area contributed by atoms with E-state index in [1.165, 1.54) is 0 Å². The van der Waals surface area contributed by atoms with E-state index < -0.39 is 0 Å². The van der Waals surface area contributed by atoms with Crippen LogP contribution in [-0.2, 0) is 0 Å². The van der Waals surface area contributed by atoms with E-state index in [-0.39, 0.29) is 5.91 Å². The lowest BCUT2D eigenvalue weighted by Crippen LogP contribution is -2.25. The van der Waals surface area contributed by atoms with Crippen LogP contribution in [0.25, 0.3) is 0 Å². The number of hydrogen-bond donors (Lipinski definition) is 2. The lowest BCUT2D eigenvalue weighted by Gasteiger charge is -2.04. The summed E-state index contributed by atoms with van der Waals surface area (Å²) in [4.78, 5) is 11.4. The summed E-state index contributed by atoms with van der Waals surface area (Å²) in [5.74, 6) is 0.384. The number of nitrogens with one attached hydrogen (secondary N) is 1. The Balaban J connectivity index is 2.36. The van der Waals surface area contributed by atoms with Crippen LogP contribution in [0.4, 0.5) is 5.13 Å². The lowest BCUT2D eigenvalue weighted by atomic mass is 10.1. The standard InChI is InChI=1S/C8H14N4OS/c1-5(2)3-4-10-6(13)7-11-12-8(9)14-7/h5H,3-4H2,1-2H3,(H2,9,12)(H,10,13). The molecule has 1 amide bonds. The summed E-state index contributed by atoms with van der Waals surface area (Å²) in [6.07, 6.45) is 0.958. The highest BCUT2D eigenvalue weighted by Crippen LogP contribution is 2.10. The third-order valence-electron chi connectivity index (χ3n) is 1.64. The number of nitrogens with zero attached hydrogens (tertiary/aromatic N) is 2. The van der Waals surface area contributed by atoms with Gasteiger partial charge in [0.15, 0.2) is 0 Å². The molecule has 1 aromatic heterocycles. The second-order valence-corrected chi connectivity index (χ2v) is 4.39. The van der Waals surface area contributed by atoms with E-state index in [0.717, 1.165) is 17.8 Å². The van der Waals surface area contributed by atoms with Gasteiger partial charge in [-0.15, -0.1) is 10.2 Å². The average Bonchev–Trinajstić information content (AvgIpc) is 2.51. The molecule has 0 fully saturated rings. The van der Waals surface area contributed by atoms with E-state index in [2.05, 4.69) is 29.4 Å². The number of nitrogen functional groups attached to an aromatic ring is 1. The van der Waals surface area contributed by atoms with Crippen molar-refractivity contribution in [2.75, 3.05) is 12.3 Å². The summed E-state index contributed by atoms with van der Waals surface area (Å²) >= 11 is 1.10. The summed E-state index contributed by atoms with van der Waals surface area (Å²) < 4.78 is 0. The molecule has 78 valence electrons. The molecular weight excluding hydrogens is 200 g/mol. The first-order chi connectivity index (χ1) is 6.59. The topological polar surface area (TPSA) is 80.9 Å². The van der Waals surface area contributed by atoms with Gasteiger partial charge in [0.1, 0.15) is 0 Å². The fraction of sp³-hybridized carbons (Fsp3) is 0.625. The molecule has 0 spiro atoms. The maximum atomic E-state index is 11.4. The summed E-state index contributed by atoms with van der Waals surface area (Å²) in [7, 11) is 0. The molecule has 3 N–H and O–H groups in total. The monoisotopic (exact) mass is 214 g/mol. The Morgan fingerprint density at radius 1 is 1.57 bits per heavy atom. The molecular formula is C8H14N4OS. The quantitative estimate of drug-likeness (QED) is 0.780. The Kier molecular flexibility index (Phi) is 3.82. The van der Waals surface area contributed by atoms with E-state index in [4.69, 9.17) is 5.73 Å². The molecule has 0 unspecified atom stereocenters. The normalized spacial score (nSPS) is 10.5. The van der Waals surface area contributed by atoms with Crippen molar-refractivity contribution in [2.24, 2.45) is 5.92 Å². The van der Waals surface area contributed by atoms with Crippen molar-refractivity contribution in [1.82, 2.24) is 15.5 Å². The Morgan fingerprint density at radius 2 is 2.29 bits per heavy atom. The van der Waals surface area contributed by atoms with Crippen molar-refractivity contribution in [3.63, 3.8) is 0 Å². The minimum atomic E-state index is -0.195. The number of aromatic nitrogens is 2. The Bertz CT molecular complexity index is 310. The van der Waals surface area contributed by atoms with Crippen molar-refractivity contribution >= 4 is 22.4 Å². The summed E-state index contributed by atoms with van der Waals surface area (Å²) in [5.41, 5.74) is 5.36. The van der Waals surface area contributed by atoms with Gasteiger partial charge in [0, 0.05) is 6.54 Å². The molecule has 0 aliphatic carbocycles. The molecule has 1 heterocycles. The SMILES string of the molecule is CC(C)CCNC(=O)c1nnc(N)s1. The van der Waals surface area contributed by atoms with Crippen LogP contribution in [0.5, 0.6) is 0 Å². The van der Waals surface area contributed by atoms with Gasteiger partial charge >= 0.3 is 0 Å². The average molecular weight is 214 g/mol. The van der Waals surface area contributed by atoms with E-state index >= 15 is 0 Å². The Morgan fingerprint density at radius 3 is 2.79 bits per heavy atom. The maximum absolute atomic E-state index is 11.4. The second kappa shape index (κ2) is 4.90. The van der Waals surface area contributed by atoms with E-state index in [1.807, 2.05) is 0 Å². The molecule has 0 atom stereocenters. The van der Waals surface area contributed by atoms with Gasteiger partial charge in [-0.1, -0.05) is 25.2 Å². The maximum Gasteiger partial charge on any atom is 0.282 e. The van der Waals surface area contributed by atoms with Gasteiger partial charge in [0.2, 0.25) is 10.1 Å². The summed E-state index contributed by atoms with van der Waals surface area (Å²) in [5, 5.41) is 10.6. The fourth-order valence-electron chi connectivity index (χ4n) is 0.876. The first-order valence-electron chi connectivity index (χ1n) is 4.46. The zero-order valence-corrected chi connectivity index (χ0v) is 9.10. The van der Waals surface area contributed by atoms with Crippen LogP contribution in [0.15, 0.2) is 0 Å². The van der Waals surface area contributed by atoms with Crippen LogP contribution >= 0.6 is 11.3 Å². The molecule has 1 rings (SSSR count). The lowest BCUT2D eigenvalue weighted by molar-refractivity contribution is 0.0951. The first-order valence-corrected chi connectivity index (χ1v) is 5.28. The van der Waals surface area contributed by atoms with Gasteiger partial charge in [-0.05, 0) is 12.3 Å². The van der Waals surface area contributed by atoms with Gasteiger partial charge in [0.05, 0.1) is 0 Å². The molecule has 0 aliphatic rings. The van der Waals surface area contributed by atoms with Gasteiger partial charge in [-0.2, -0.15) is 0 Å². The molecule has 0 aromatic carbocycles. The van der Waals surface area contributed by atoms with Crippen molar-refractivity contribution in [1.29, 1.82) is 0 Å². The fourth-order valence-corrected chi connectivity index (χ4v) is 1.40. The predicted molar refractivity (Wildman–Crippen MR) is 56.1 cm³/mol. The number of carbonyl (C=O) groups excluding carboxylic acids is 1. The van der Waals surface area contributed by atoms with Crippen molar-refractivity contribution in [3.05, 3.63) is 5.01 Å². The Hall–Kier alpha value is -1.17. The van der Waals surface area contributed by atoms with Crippen LogP contribution < -0.4 is 11.1 Å². The summed E-state index contributed by atoms with van der Waals surface area (Å²) in [6, 6.07) is 0. The van der Waals surface area contributed by atoms with Gasteiger partial charge in [0.25, 0.3) is 5.91 Å². The van der Waals surface area contributed by atoms with Crippen molar-refractivity contribution < 1.29 is 4.79 Å². The molecule has 0 saturated heterocycles. The highest BCUT2D eigenvalue weighted by molar-refractivity contribution is 7.16. The number of rotatable bonds is 4. The largest absolute Gasteiger partial charge is 0.374 e. The first kappa shape index (κ1) is 10.9. The number of carbonyl (C=O) groups is 1. The predicted octanol–water partition coefficient (Wildman–Crippen LogP) is 0.896. The molecule has 0 bridgehead atoms. The molecule has 1 aromatic rings. The third-order valence-corrected chi connectivity index (χ3v) is 2.39. The van der Waals surface area contributed by atoms with E-state index in [1.54, 1.807) is 0 Å². The number of nitrogens with two attached hydrogens (primary N) is 1. The van der Waals surface area contributed by atoms with Crippen LogP contribution in [0, 0.1) is 5.92 Å². The second-order valence-electron chi connectivity index (χ2n) is 3.38. The minimum Gasteiger partial charge on any atom is -0.374 e. The Labute approximate surface area is 86.7 Å². The highest BCUT2D eigenvalue weighted by atomic mass is 32.1. The zero-order chi connectivity index (χ0) is 10.6. The van der Waals surface area contributed by atoms with Gasteiger partial charge in [-0.3, -0.25) is 4.79 Å². The van der Waals surface area contributed by atoms with E-state index in [9.17, 15) is 4.79 Å². The minimum absolute atomic E-state index is 0.195. The smallest absolute Gasteiger partial charge is 0.282 e. The molecule has 0 saturated carbocycles. The van der Waals surface area contributed by atoms with Gasteiger partial charge in [-0.25, -0.2) is 0 Å². The van der Waals surface area contributed by atoms with Crippen molar-refractivity contribution in [3.8, 4) is 0 Å². The van der Waals surface area contributed by atoms with Crippen LogP contribution in [0.2, 0.25) is 0 Å². The molecule has 5 nitrogen and oxygen atoms in total. The zero-order valence-electron chi connectivity index (χ0n) is 8.28. The molecule has 0 radical (unpaired) electrons. The van der Waals surface area contributed by atoms with Crippen LogP contribution in [0.3, 0.4) is 0 Å². The highest BCUT2D eigenvalue weighted by Gasteiger charge is 2.10. The third kappa shape index (κ3) is 3.29. The molecule has 0 aliphatic heterocycles. The molecule has 6 heteroatoms. The van der Waals surface area contributed by atoms with Crippen LogP contribution in [0.1, 0.15) is 30.1 Å². The number of anilines is 1. The summed E-state index contributed by atoms with van der Waals surface area (Å²) in [6.45, 7) is 4.88.